The normalized spacial score (nSPS) is 25.7. The van der Waals surface area contributed by atoms with Gasteiger partial charge in [0.1, 0.15) is 0 Å². The highest BCUT2D eigenvalue weighted by molar-refractivity contribution is 5.30. The van der Waals surface area contributed by atoms with Crippen molar-refractivity contribution in [2.75, 3.05) is 6.61 Å². The quantitative estimate of drug-likeness (QED) is 0.573. The molecular weight excluding hydrogens is 320 g/mol. The second kappa shape index (κ2) is 9.53. The maximum atomic E-state index is 10.7. The van der Waals surface area contributed by atoms with E-state index in [9.17, 15) is 5.11 Å². The van der Waals surface area contributed by atoms with Crippen LogP contribution in [0, 0.1) is 11.3 Å². The van der Waals surface area contributed by atoms with Gasteiger partial charge in [-0.05, 0) is 63.0 Å². The van der Waals surface area contributed by atoms with Crippen LogP contribution in [0.5, 0.6) is 0 Å². The van der Waals surface area contributed by atoms with Gasteiger partial charge in [0.25, 0.3) is 0 Å². The molecule has 0 radical (unpaired) electrons. The maximum absolute atomic E-state index is 10.7. The summed E-state index contributed by atoms with van der Waals surface area (Å²) in [5, 5.41) is 10.7. The Balaban J connectivity index is 2.01. The molecular formula is C24H36O2. The fourth-order valence-electron chi connectivity index (χ4n) is 4.37. The lowest BCUT2D eigenvalue weighted by Gasteiger charge is -2.44. The van der Waals surface area contributed by atoms with E-state index in [0.717, 1.165) is 32.1 Å². The summed E-state index contributed by atoms with van der Waals surface area (Å²) >= 11 is 0. The Hall–Kier alpha value is -1.38. The zero-order valence-electron chi connectivity index (χ0n) is 17.1. The Kier molecular flexibility index (Phi) is 7.67. The minimum atomic E-state index is -0.260. The van der Waals surface area contributed by atoms with Crippen LogP contribution in [0.4, 0.5) is 0 Å². The zero-order valence-corrected chi connectivity index (χ0v) is 17.1. The molecule has 2 rings (SSSR count). The number of hydrogen-bond donors (Lipinski definition) is 1. The molecule has 144 valence electrons. The molecule has 1 saturated carbocycles. The summed E-state index contributed by atoms with van der Waals surface area (Å²) < 4.78 is 6.04. The van der Waals surface area contributed by atoms with Crippen molar-refractivity contribution < 1.29 is 9.84 Å². The average Bonchev–Trinajstić information content (AvgIpc) is 2.58. The first-order chi connectivity index (χ1) is 12.3. The van der Waals surface area contributed by atoms with Crippen LogP contribution in [0.3, 0.4) is 0 Å². The van der Waals surface area contributed by atoms with Gasteiger partial charge in [-0.3, -0.25) is 0 Å². The van der Waals surface area contributed by atoms with Crippen molar-refractivity contribution in [2.24, 2.45) is 11.3 Å². The molecule has 0 saturated heterocycles. The van der Waals surface area contributed by atoms with E-state index in [-0.39, 0.29) is 17.4 Å². The molecule has 3 atom stereocenters. The van der Waals surface area contributed by atoms with Crippen LogP contribution in [-0.2, 0) is 11.3 Å². The molecule has 1 aliphatic rings. The molecule has 1 aromatic carbocycles. The third kappa shape index (κ3) is 5.56. The highest BCUT2D eigenvalue weighted by atomic mass is 16.5. The van der Waals surface area contributed by atoms with E-state index in [2.05, 4.69) is 46.4 Å². The molecule has 0 spiro atoms. The lowest BCUT2D eigenvalue weighted by atomic mass is 9.63. The molecule has 0 aromatic heterocycles. The maximum Gasteiger partial charge on any atom is 0.0717 e. The van der Waals surface area contributed by atoms with E-state index < -0.39 is 0 Å². The summed E-state index contributed by atoms with van der Waals surface area (Å²) in [5.74, 6) is 0.198. The SMILES string of the molecule is C=C(C)C(CC[C@]1(C)CCC[C@@H](O)[C@H]1COCc1ccccc1)=C(C)C. The Labute approximate surface area is 160 Å². The molecule has 2 heteroatoms. The topological polar surface area (TPSA) is 29.5 Å². The number of hydrogen-bond acceptors (Lipinski definition) is 2. The van der Waals surface area contributed by atoms with Gasteiger partial charge in [-0.25, -0.2) is 0 Å². The van der Waals surface area contributed by atoms with Gasteiger partial charge in [-0.15, -0.1) is 0 Å². The van der Waals surface area contributed by atoms with Gasteiger partial charge in [0.15, 0.2) is 0 Å². The number of allylic oxidation sites excluding steroid dienone is 3. The van der Waals surface area contributed by atoms with Crippen molar-refractivity contribution >= 4 is 0 Å². The fourth-order valence-corrected chi connectivity index (χ4v) is 4.37. The van der Waals surface area contributed by atoms with Gasteiger partial charge in [0, 0.05) is 5.92 Å². The summed E-state index contributed by atoms with van der Waals surface area (Å²) in [7, 11) is 0. The summed E-state index contributed by atoms with van der Waals surface area (Å²) in [6.45, 7) is 14.2. The molecule has 1 aromatic rings. The number of aliphatic hydroxyl groups excluding tert-OH is 1. The molecule has 1 fully saturated rings. The lowest BCUT2D eigenvalue weighted by molar-refractivity contribution is -0.0706. The highest BCUT2D eigenvalue weighted by Gasteiger charge is 2.41. The summed E-state index contributed by atoms with van der Waals surface area (Å²) in [6, 6.07) is 10.3. The predicted octanol–water partition coefficient (Wildman–Crippen LogP) is 6.06. The third-order valence-corrected chi connectivity index (χ3v) is 6.08. The van der Waals surface area contributed by atoms with E-state index in [1.165, 1.54) is 22.3 Å². The van der Waals surface area contributed by atoms with E-state index in [1.54, 1.807) is 0 Å². The lowest BCUT2D eigenvalue weighted by Crippen LogP contribution is -2.43. The number of rotatable bonds is 8. The van der Waals surface area contributed by atoms with Crippen molar-refractivity contribution in [1.82, 2.24) is 0 Å². The largest absolute Gasteiger partial charge is 0.393 e. The number of ether oxygens (including phenoxy) is 1. The molecule has 0 bridgehead atoms. The molecule has 0 amide bonds. The Morgan fingerprint density at radius 3 is 2.54 bits per heavy atom. The minimum absolute atomic E-state index is 0.116. The first-order valence-electron chi connectivity index (χ1n) is 9.95. The Morgan fingerprint density at radius 2 is 1.92 bits per heavy atom. The fraction of sp³-hybridized carbons (Fsp3) is 0.583. The van der Waals surface area contributed by atoms with Crippen LogP contribution >= 0.6 is 0 Å². The second-order valence-electron chi connectivity index (χ2n) is 8.48. The molecule has 0 unspecified atom stereocenters. The smallest absolute Gasteiger partial charge is 0.0717 e. The molecule has 2 nitrogen and oxygen atoms in total. The molecule has 1 N–H and O–H groups in total. The average molecular weight is 357 g/mol. The predicted molar refractivity (Wildman–Crippen MR) is 110 cm³/mol. The van der Waals surface area contributed by atoms with Crippen LogP contribution in [0.2, 0.25) is 0 Å². The van der Waals surface area contributed by atoms with Crippen LogP contribution in [-0.4, -0.2) is 17.8 Å². The van der Waals surface area contributed by atoms with Crippen molar-refractivity contribution in [3.05, 3.63) is 59.2 Å². The van der Waals surface area contributed by atoms with E-state index in [0.29, 0.717) is 13.2 Å². The van der Waals surface area contributed by atoms with Gasteiger partial charge in [0.2, 0.25) is 0 Å². The van der Waals surface area contributed by atoms with Crippen LogP contribution in [0.15, 0.2) is 53.6 Å². The van der Waals surface area contributed by atoms with E-state index in [1.807, 2.05) is 18.2 Å². The Morgan fingerprint density at radius 1 is 1.23 bits per heavy atom. The molecule has 1 aliphatic carbocycles. The van der Waals surface area contributed by atoms with Crippen molar-refractivity contribution in [3.63, 3.8) is 0 Å². The van der Waals surface area contributed by atoms with Gasteiger partial charge in [-0.2, -0.15) is 0 Å². The zero-order chi connectivity index (χ0) is 19.2. The third-order valence-electron chi connectivity index (χ3n) is 6.08. The first kappa shape index (κ1) is 20.9. The molecule has 26 heavy (non-hydrogen) atoms. The highest BCUT2D eigenvalue weighted by Crippen LogP contribution is 2.46. The van der Waals surface area contributed by atoms with E-state index in [4.69, 9.17) is 4.74 Å². The van der Waals surface area contributed by atoms with Crippen LogP contribution in [0.25, 0.3) is 0 Å². The van der Waals surface area contributed by atoms with Crippen molar-refractivity contribution in [1.29, 1.82) is 0 Å². The monoisotopic (exact) mass is 356 g/mol. The van der Waals surface area contributed by atoms with Gasteiger partial charge in [0.05, 0.1) is 19.3 Å². The first-order valence-corrected chi connectivity index (χ1v) is 9.95. The van der Waals surface area contributed by atoms with Crippen LogP contribution < -0.4 is 0 Å². The second-order valence-corrected chi connectivity index (χ2v) is 8.48. The van der Waals surface area contributed by atoms with Crippen molar-refractivity contribution in [3.8, 4) is 0 Å². The van der Waals surface area contributed by atoms with E-state index >= 15 is 0 Å². The minimum Gasteiger partial charge on any atom is -0.393 e. The number of benzene rings is 1. The van der Waals surface area contributed by atoms with Gasteiger partial charge >= 0.3 is 0 Å². The summed E-state index contributed by atoms with van der Waals surface area (Å²) in [6.07, 6.45) is 5.02. The van der Waals surface area contributed by atoms with Gasteiger partial charge in [-0.1, -0.05) is 61.4 Å². The summed E-state index contributed by atoms with van der Waals surface area (Å²) in [4.78, 5) is 0. The van der Waals surface area contributed by atoms with Gasteiger partial charge < -0.3 is 9.84 Å². The van der Waals surface area contributed by atoms with Crippen LogP contribution in [0.1, 0.15) is 65.4 Å². The Bertz CT molecular complexity index is 612. The molecule has 0 heterocycles. The van der Waals surface area contributed by atoms with Crippen molar-refractivity contribution in [2.45, 2.75) is 72.5 Å². The number of aliphatic hydroxyl groups is 1. The molecule has 0 aliphatic heterocycles. The standard InChI is InChI=1S/C24H36O2/c1-18(2)21(19(3)4)13-15-24(5)14-9-12-23(25)22(24)17-26-16-20-10-7-6-8-11-20/h6-8,10-11,22-23,25H,1,9,12-17H2,2-5H3/t22-,23-,24+/m1/s1. The summed E-state index contributed by atoms with van der Waals surface area (Å²) in [5.41, 5.74) is 5.21.